The smallest absolute Gasteiger partial charge is 0.0816 e. The first kappa shape index (κ1) is 25.1. The zero-order chi connectivity index (χ0) is 30.2. The van der Waals surface area contributed by atoms with Crippen molar-refractivity contribution in [2.45, 2.75) is 0 Å². The molecule has 0 atom stereocenters. The molecule has 4 nitrogen and oxygen atoms in total. The monoisotopic (exact) mass is 586 g/mol. The van der Waals surface area contributed by atoms with Gasteiger partial charge >= 0.3 is 0 Å². The molecule has 214 valence electrons. The van der Waals surface area contributed by atoms with Crippen molar-refractivity contribution in [1.29, 1.82) is 0 Å². The van der Waals surface area contributed by atoms with Crippen LogP contribution in [0.2, 0.25) is 0 Å². The van der Waals surface area contributed by atoms with Gasteiger partial charge in [0.1, 0.15) is 0 Å². The lowest BCUT2D eigenvalue weighted by Crippen LogP contribution is -1.88. The molecule has 3 aromatic heterocycles. The van der Waals surface area contributed by atoms with Gasteiger partial charge in [-0.1, -0.05) is 127 Å². The van der Waals surface area contributed by atoms with E-state index in [9.17, 15) is 0 Å². The Bertz CT molecular complexity index is 2530. The molecule has 8 aromatic rings. The topological polar surface area (TPSA) is 57.4 Å². The maximum atomic E-state index is 5.43. The van der Waals surface area contributed by atoms with Crippen LogP contribution in [0.1, 0.15) is 0 Å². The van der Waals surface area contributed by atoms with E-state index in [-0.39, 0.29) is 0 Å². The molecule has 0 saturated heterocycles. The molecule has 10 rings (SSSR count). The third kappa shape index (κ3) is 3.67. The van der Waals surface area contributed by atoms with E-state index in [1.165, 1.54) is 10.8 Å². The molecule has 2 aliphatic rings. The molecule has 0 amide bonds. The lowest BCUT2D eigenvalue weighted by atomic mass is 9.93. The summed E-state index contributed by atoms with van der Waals surface area (Å²) < 4.78 is 0. The molecule has 46 heavy (non-hydrogen) atoms. The zero-order valence-corrected chi connectivity index (χ0v) is 24.8. The number of hydrogen-bond donors (Lipinski definition) is 2. The number of benzene rings is 5. The average Bonchev–Trinajstić information content (AvgIpc) is 3.85. The number of H-pyrrole nitrogens is 2. The van der Waals surface area contributed by atoms with E-state index in [4.69, 9.17) is 9.97 Å². The largest absolute Gasteiger partial charge is 0.354 e. The molecule has 2 N–H and O–H groups in total. The van der Waals surface area contributed by atoms with Gasteiger partial charge in [-0.3, -0.25) is 0 Å². The van der Waals surface area contributed by atoms with E-state index in [0.29, 0.717) is 0 Å². The molecule has 0 fully saturated rings. The van der Waals surface area contributed by atoms with Crippen LogP contribution in [0.4, 0.5) is 0 Å². The minimum absolute atomic E-state index is 0.930. The second-order valence-electron chi connectivity index (χ2n) is 12.0. The Kier molecular flexibility index (Phi) is 5.25. The minimum Gasteiger partial charge on any atom is -0.354 e. The summed E-state index contributed by atoms with van der Waals surface area (Å²) in [5.74, 6) is 0. The maximum Gasteiger partial charge on any atom is 0.0816 e. The highest BCUT2D eigenvalue weighted by Gasteiger charge is 2.26. The molecule has 0 aliphatic carbocycles. The number of aromatic nitrogens is 4. The first-order chi connectivity index (χ1) is 22.8. The van der Waals surface area contributed by atoms with Gasteiger partial charge in [-0.05, 0) is 23.8 Å². The molecule has 2 aliphatic heterocycles. The Hall–Kier alpha value is -6.26. The molecule has 4 heteroatoms. The van der Waals surface area contributed by atoms with E-state index in [1.807, 2.05) is 0 Å². The van der Waals surface area contributed by atoms with Crippen molar-refractivity contribution in [2.75, 3.05) is 0 Å². The van der Waals surface area contributed by atoms with Crippen LogP contribution < -0.4 is 0 Å². The van der Waals surface area contributed by atoms with Crippen LogP contribution in [0, 0.1) is 0 Å². The highest BCUT2D eigenvalue weighted by atomic mass is 14.8. The van der Waals surface area contributed by atoms with Gasteiger partial charge in [-0.25, -0.2) is 9.97 Å². The fourth-order valence-corrected chi connectivity index (χ4v) is 7.24. The van der Waals surface area contributed by atoms with E-state index in [2.05, 4.69) is 156 Å². The Balaban J connectivity index is 1.48. The van der Waals surface area contributed by atoms with E-state index in [1.54, 1.807) is 0 Å². The number of rotatable bonds is 1. The van der Waals surface area contributed by atoms with Gasteiger partial charge in [0.15, 0.2) is 0 Å². The summed E-state index contributed by atoms with van der Waals surface area (Å²) in [7, 11) is 0. The predicted octanol–water partition coefficient (Wildman–Crippen LogP) is 11.0. The Morgan fingerprint density at radius 2 is 0.717 bits per heavy atom. The van der Waals surface area contributed by atoms with Crippen molar-refractivity contribution >= 4 is 43.6 Å². The van der Waals surface area contributed by atoms with Gasteiger partial charge in [0.2, 0.25) is 0 Å². The summed E-state index contributed by atoms with van der Waals surface area (Å²) in [5, 5.41) is 4.66. The van der Waals surface area contributed by atoms with Crippen LogP contribution >= 0.6 is 0 Å². The van der Waals surface area contributed by atoms with Gasteiger partial charge in [0.25, 0.3) is 0 Å². The molecule has 5 aromatic carbocycles. The van der Waals surface area contributed by atoms with Crippen molar-refractivity contribution in [2.24, 2.45) is 0 Å². The predicted molar refractivity (Wildman–Crippen MR) is 190 cm³/mol. The quantitative estimate of drug-likeness (QED) is 0.201. The second kappa shape index (κ2) is 9.62. The molecule has 5 heterocycles. The number of aromatic amines is 2. The summed E-state index contributed by atoms with van der Waals surface area (Å²) in [6, 6.07) is 51.5. The highest BCUT2D eigenvalue weighted by Crippen LogP contribution is 2.47. The lowest BCUT2D eigenvalue weighted by molar-refractivity contribution is 1.38. The fourth-order valence-electron chi connectivity index (χ4n) is 7.24. The van der Waals surface area contributed by atoms with Crippen molar-refractivity contribution in [3.05, 3.63) is 146 Å². The first-order valence-electron chi connectivity index (χ1n) is 15.6. The Labute approximate surface area is 264 Å². The number of nitrogens with one attached hydrogen (secondary N) is 2. The molecule has 0 saturated carbocycles. The number of hydrogen-bond acceptors (Lipinski definition) is 2. The van der Waals surface area contributed by atoms with E-state index >= 15 is 0 Å². The normalized spacial score (nSPS) is 11.9. The van der Waals surface area contributed by atoms with Crippen molar-refractivity contribution in [1.82, 2.24) is 19.9 Å². The van der Waals surface area contributed by atoms with Crippen LogP contribution in [-0.2, 0) is 0 Å². The first-order valence-corrected chi connectivity index (χ1v) is 15.6. The van der Waals surface area contributed by atoms with Crippen molar-refractivity contribution in [3.8, 4) is 56.2 Å². The Morgan fingerprint density at radius 3 is 1.17 bits per heavy atom. The van der Waals surface area contributed by atoms with Crippen LogP contribution in [0.25, 0.3) is 99.8 Å². The van der Waals surface area contributed by atoms with Crippen LogP contribution in [0.3, 0.4) is 0 Å². The van der Waals surface area contributed by atoms with Gasteiger partial charge in [-0.2, -0.15) is 0 Å². The summed E-state index contributed by atoms with van der Waals surface area (Å²) >= 11 is 0. The van der Waals surface area contributed by atoms with Gasteiger partial charge < -0.3 is 9.97 Å². The fraction of sp³-hybridized carbons (Fsp3) is 0. The average molecular weight is 587 g/mol. The van der Waals surface area contributed by atoms with Crippen LogP contribution in [-0.4, -0.2) is 19.9 Å². The van der Waals surface area contributed by atoms with Crippen molar-refractivity contribution < 1.29 is 0 Å². The second-order valence-corrected chi connectivity index (χ2v) is 12.0. The van der Waals surface area contributed by atoms with Gasteiger partial charge in [-0.15, -0.1) is 0 Å². The standard InChI is InChI=1S/C42H26N4/c1-2-12-25(13-3-1)40-41-32-20-10-8-18-30(32)38(45-41)23-36-28-16-6-4-14-26(28)34(43-36)22-35-27-15-5-7-17-29(27)37(44-35)24-39-31-19-9-11-21-33(31)42(40)46-39/h1-24,43-44H. The third-order valence-electron chi connectivity index (χ3n) is 9.32. The summed E-state index contributed by atoms with van der Waals surface area (Å²) in [5.41, 5.74) is 14.5. The SMILES string of the molecule is c1ccc(-c2c3nc(cc4[nH]c(cc5[nH]c(cc6nc2-c2ccccc2-6)c2ccccc52)c2ccccc42)-c2ccccc2-3)cc1. The van der Waals surface area contributed by atoms with E-state index in [0.717, 1.165) is 89.0 Å². The summed E-state index contributed by atoms with van der Waals surface area (Å²) in [6.07, 6.45) is 0. The molecule has 8 bridgehead atoms. The molecular formula is C42H26N4. The van der Waals surface area contributed by atoms with Crippen LogP contribution in [0.5, 0.6) is 0 Å². The molecule has 0 spiro atoms. The van der Waals surface area contributed by atoms with Gasteiger partial charge in [0.05, 0.1) is 22.8 Å². The molecule has 0 unspecified atom stereocenters. The zero-order valence-electron chi connectivity index (χ0n) is 24.8. The van der Waals surface area contributed by atoms with Crippen molar-refractivity contribution in [3.63, 3.8) is 0 Å². The molecule has 0 radical (unpaired) electrons. The minimum atomic E-state index is 0.930. The number of fused-ring (bicyclic) bond motifs is 20. The lowest BCUT2D eigenvalue weighted by Gasteiger charge is -2.09. The third-order valence-corrected chi connectivity index (χ3v) is 9.32. The number of nitrogens with zero attached hydrogens (tertiary/aromatic N) is 2. The Morgan fingerprint density at radius 1 is 0.348 bits per heavy atom. The highest BCUT2D eigenvalue weighted by molar-refractivity contribution is 6.12. The summed E-state index contributed by atoms with van der Waals surface area (Å²) in [6.45, 7) is 0. The van der Waals surface area contributed by atoms with Gasteiger partial charge in [0, 0.05) is 71.4 Å². The van der Waals surface area contributed by atoms with E-state index < -0.39 is 0 Å². The maximum absolute atomic E-state index is 5.43. The molecular weight excluding hydrogens is 560 g/mol. The summed E-state index contributed by atoms with van der Waals surface area (Å²) in [4.78, 5) is 18.4. The van der Waals surface area contributed by atoms with Crippen LogP contribution in [0.15, 0.2) is 146 Å².